The number of hydrogen-bond donors (Lipinski definition) is 1. The van der Waals surface area contributed by atoms with E-state index in [2.05, 4.69) is 62.5 Å². The number of nitrogen functional groups attached to an aromatic ring is 1. The maximum Gasteiger partial charge on any atom is 0.192 e. The van der Waals surface area contributed by atoms with Crippen molar-refractivity contribution >= 4 is 36.6 Å². The average molecular weight is 363 g/mol. The van der Waals surface area contributed by atoms with E-state index in [1.807, 2.05) is 12.1 Å². The van der Waals surface area contributed by atoms with Crippen molar-refractivity contribution in [2.45, 2.75) is 45.5 Å². The van der Waals surface area contributed by atoms with Crippen molar-refractivity contribution in [3.63, 3.8) is 0 Å². The number of anilines is 1. The molecule has 0 unspecified atom stereocenters. The van der Waals surface area contributed by atoms with Crippen LogP contribution in [0.25, 0.3) is 0 Å². The molecule has 4 heteroatoms. The minimum absolute atomic E-state index is 0.256. The molecule has 0 aliphatic heterocycles. The van der Waals surface area contributed by atoms with Crippen molar-refractivity contribution in [2.75, 3.05) is 5.73 Å². The van der Waals surface area contributed by atoms with Crippen LogP contribution in [0.15, 0.2) is 18.2 Å². The molecule has 1 aromatic carbocycles. The van der Waals surface area contributed by atoms with Gasteiger partial charge in [0.2, 0.25) is 0 Å². The highest BCUT2D eigenvalue weighted by molar-refractivity contribution is 14.1. The highest BCUT2D eigenvalue weighted by Crippen LogP contribution is 2.37. The van der Waals surface area contributed by atoms with Gasteiger partial charge in [0.05, 0.1) is 6.61 Å². The molecule has 0 heterocycles. The van der Waals surface area contributed by atoms with Crippen molar-refractivity contribution in [1.82, 2.24) is 0 Å². The summed E-state index contributed by atoms with van der Waals surface area (Å²) in [5.41, 5.74) is 7.78. The van der Waals surface area contributed by atoms with Crippen LogP contribution in [0, 0.1) is 3.57 Å². The average Bonchev–Trinajstić information content (AvgIpc) is 2.14. The quantitative estimate of drug-likeness (QED) is 0.491. The van der Waals surface area contributed by atoms with Gasteiger partial charge >= 0.3 is 0 Å². The molecule has 0 aliphatic carbocycles. The smallest absolute Gasteiger partial charge is 0.192 e. The molecule has 0 bridgehead atoms. The predicted molar refractivity (Wildman–Crippen MR) is 85.6 cm³/mol. The maximum atomic E-state index is 6.19. The lowest BCUT2D eigenvalue weighted by atomic mass is 10.2. The normalized spacial score (nSPS) is 12.8. The maximum absolute atomic E-state index is 6.19. The van der Waals surface area contributed by atoms with Crippen LogP contribution in [0.2, 0.25) is 18.1 Å². The van der Waals surface area contributed by atoms with Gasteiger partial charge in [-0.3, -0.25) is 0 Å². The molecule has 0 atom stereocenters. The van der Waals surface area contributed by atoms with Crippen LogP contribution in [0.4, 0.5) is 5.69 Å². The number of benzene rings is 1. The fraction of sp³-hybridized carbons (Fsp3) is 0.538. The van der Waals surface area contributed by atoms with Crippen molar-refractivity contribution < 1.29 is 4.43 Å². The van der Waals surface area contributed by atoms with E-state index in [0.29, 0.717) is 6.61 Å². The Morgan fingerprint density at radius 1 is 1.29 bits per heavy atom. The van der Waals surface area contributed by atoms with Gasteiger partial charge in [0, 0.05) is 9.26 Å². The van der Waals surface area contributed by atoms with Crippen LogP contribution in [0.1, 0.15) is 26.3 Å². The van der Waals surface area contributed by atoms with Crippen LogP contribution in [0.3, 0.4) is 0 Å². The number of rotatable bonds is 3. The van der Waals surface area contributed by atoms with Gasteiger partial charge in [0.15, 0.2) is 8.32 Å². The summed E-state index contributed by atoms with van der Waals surface area (Å²) in [5, 5.41) is 0.256. The molecule has 17 heavy (non-hydrogen) atoms. The second-order valence-corrected chi connectivity index (χ2v) is 11.9. The Hall–Kier alpha value is -0.0731. The van der Waals surface area contributed by atoms with Crippen molar-refractivity contribution in [1.29, 1.82) is 0 Å². The Kier molecular flexibility index (Phi) is 4.65. The van der Waals surface area contributed by atoms with Crippen molar-refractivity contribution in [3.05, 3.63) is 27.3 Å². The molecule has 2 nitrogen and oxygen atoms in total. The standard InChI is InChI=1S/C13H22INOSi/c1-13(2,3)17(4,5)16-9-10-6-7-11(15)8-12(10)14/h6-8H,9,15H2,1-5H3. The molecule has 1 rings (SSSR count). The summed E-state index contributed by atoms with van der Waals surface area (Å²) < 4.78 is 7.38. The van der Waals surface area contributed by atoms with Gasteiger partial charge in [-0.05, 0) is 58.4 Å². The van der Waals surface area contributed by atoms with Crippen LogP contribution >= 0.6 is 22.6 Å². The van der Waals surface area contributed by atoms with Crippen LogP contribution in [-0.4, -0.2) is 8.32 Å². The molecular weight excluding hydrogens is 341 g/mol. The summed E-state index contributed by atoms with van der Waals surface area (Å²) in [6.45, 7) is 12.0. The van der Waals surface area contributed by atoms with Crippen LogP contribution in [-0.2, 0) is 11.0 Å². The largest absolute Gasteiger partial charge is 0.413 e. The topological polar surface area (TPSA) is 35.2 Å². The lowest BCUT2D eigenvalue weighted by Gasteiger charge is -2.36. The van der Waals surface area contributed by atoms with Gasteiger partial charge < -0.3 is 10.2 Å². The molecule has 1 aromatic rings. The van der Waals surface area contributed by atoms with Crippen LogP contribution < -0.4 is 5.73 Å². The Bertz CT molecular complexity index is 399. The molecule has 0 fully saturated rings. The van der Waals surface area contributed by atoms with E-state index in [0.717, 1.165) is 5.69 Å². The van der Waals surface area contributed by atoms with E-state index in [9.17, 15) is 0 Å². The van der Waals surface area contributed by atoms with Gasteiger partial charge in [-0.2, -0.15) is 0 Å². The van der Waals surface area contributed by atoms with E-state index in [1.54, 1.807) is 0 Å². The fourth-order valence-electron chi connectivity index (χ4n) is 1.16. The summed E-state index contributed by atoms with van der Waals surface area (Å²) in [7, 11) is -1.66. The van der Waals surface area contributed by atoms with E-state index in [-0.39, 0.29) is 5.04 Å². The molecule has 0 amide bonds. The molecule has 0 saturated carbocycles. The Labute approximate surface area is 119 Å². The second-order valence-electron chi connectivity index (χ2n) is 5.90. The minimum atomic E-state index is -1.66. The van der Waals surface area contributed by atoms with E-state index in [4.69, 9.17) is 10.2 Å². The summed E-state index contributed by atoms with van der Waals surface area (Å²) >= 11 is 2.31. The van der Waals surface area contributed by atoms with Gasteiger partial charge in [0.25, 0.3) is 0 Å². The summed E-state index contributed by atoms with van der Waals surface area (Å²) in [4.78, 5) is 0. The van der Waals surface area contributed by atoms with E-state index in [1.165, 1.54) is 9.13 Å². The third-order valence-corrected chi connectivity index (χ3v) is 8.95. The zero-order valence-electron chi connectivity index (χ0n) is 11.3. The van der Waals surface area contributed by atoms with Crippen LogP contribution in [0.5, 0.6) is 0 Å². The van der Waals surface area contributed by atoms with Gasteiger partial charge in [-0.1, -0.05) is 26.8 Å². The third kappa shape index (κ3) is 3.96. The molecular formula is C13H22INOSi. The molecule has 0 spiro atoms. The second kappa shape index (κ2) is 5.28. The Morgan fingerprint density at radius 2 is 1.88 bits per heavy atom. The highest BCUT2D eigenvalue weighted by atomic mass is 127. The summed E-state index contributed by atoms with van der Waals surface area (Å²) in [6, 6.07) is 5.99. The summed E-state index contributed by atoms with van der Waals surface area (Å²) in [5.74, 6) is 0. The third-order valence-electron chi connectivity index (χ3n) is 3.47. The van der Waals surface area contributed by atoms with E-state index >= 15 is 0 Å². The number of halogens is 1. The molecule has 0 saturated heterocycles. The lowest BCUT2D eigenvalue weighted by Crippen LogP contribution is -2.40. The monoisotopic (exact) mass is 363 g/mol. The number of nitrogens with two attached hydrogens (primary N) is 1. The fourth-order valence-corrected chi connectivity index (χ4v) is 2.80. The van der Waals surface area contributed by atoms with Gasteiger partial charge in [0.1, 0.15) is 0 Å². The SMILES string of the molecule is CC(C)(C)[Si](C)(C)OCc1ccc(N)cc1I. The molecule has 0 aliphatic rings. The number of hydrogen-bond acceptors (Lipinski definition) is 2. The lowest BCUT2D eigenvalue weighted by molar-refractivity contribution is 0.275. The first-order chi connectivity index (χ1) is 7.63. The van der Waals surface area contributed by atoms with Crippen molar-refractivity contribution in [3.8, 4) is 0 Å². The van der Waals surface area contributed by atoms with E-state index < -0.39 is 8.32 Å². The van der Waals surface area contributed by atoms with Gasteiger partial charge in [-0.15, -0.1) is 0 Å². The Balaban J connectivity index is 2.74. The molecule has 0 aromatic heterocycles. The molecule has 2 N–H and O–H groups in total. The minimum Gasteiger partial charge on any atom is -0.413 e. The first-order valence-electron chi connectivity index (χ1n) is 5.81. The zero-order valence-corrected chi connectivity index (χ0v) is 14.5. The Morgan fingerprint density at radius 3 is 2.35 bits per heavy atom. The van der Waals surface area contributed by atoms with Crippen molar-refractivity contribution in [2.24, 2.45) is 0 Å². The molecule has 0 radical (unpaired) electrons. The van der Waals surface area contributed by atoms with Gasteiger partial charge in [-0.25, -0.2) is 0 Å². The molecule has 96 valence electrons. The summed E-state index contributed by atoms with van der Waals surface area (Å²) in [6.07, 6.45) is 0. The first kappa shape index (κ1) is 15.0. The highest BCUT2D eigenvalue weighted by Gasteiger charge is 2.37. The zero-order chi connectivity index (χ0) is 13.3. The first-order valence-corrected chi connectivity index (χ1v) is 9.80. The predicted octanol–water partition coefficient (Wildman–Crippen LogP) is 4.40.